The zero-order chi connectivity index (χ0) is 16.9. The van der Waals surface area contributed by atoms with Gasteiger partial charge < -0.3 is 14.7 Å². The van der Waals surface area contributed by atoms with E-state index in [1.165, 1.54) is 0 Å². The highest BCUT2D eigenvalue weighted by Crippen LogP contribution is 2.29. The van der Waals surface area contributed by atoms with Gasteiger partial charge >= 0.3 is 0 Å². The molecule has 3 aromatic rings. The quantitative estimate of drug-likeness (QED) is 0.742. The molecule has 0 spiro atoms. The SMILES string of the molecule is CN(C)CCOc1ccc(Cc2c(O)ccc3ccccc23)cc1. The maximum atomic E-state index is 10.3. The molecule has 3 heteroatoms. The molecule has 0 aliphatic heterocycles. The van der Waals surface area contributed by atoms with Crippen molar-refractivity contribution in [2.45, 2.75) is 6.42 Å². The number of hydrogen-bond donors (Lipinski definition) is 1. The van der Waals surface area contributed by atoms with Crippen molar-refractivity contribution >= 4 is 10.8 Å². The smallest absolute Gasteiger partial charge is 0.119 e. The molecule has 3 rings (SSSR count). The third kappa shape index (κ3) is 3.87. The van der Waals surface area contributed by atoms with E-state index in [2.05, 4.69) is 29.2 Å². The second kappa shape index (κ2) is 7.37. The first-order valence-corrected chi connectivity index (χ1v) is 8.19. The molecule has 3 aromatic carbocycles. The van der Waals surface area contributed by atoms with Crippen LogP contribution >= 0.6 is 0 Å². The van der Waals surface area contributed by atoms with E-state index in [4.69, 9.17) is 4.74 Å². The fraction of sp³-hybridized carbons (Fsp3) is 0.238. The van der Waals surface area contributed by atoms with Crippen LogP contribution in [0.15, 0.2) is 60.7 Å². The summed E-state index contributed by atoms with van der Waals surface area (Å²) in [5.74, 6) is 1.22. The Morgan fingerprint density at radius 1 is 0.917 bits per heavy atom. The summed E-state index contributed by atoms with van der Waals surface area (Å²) >= 11 is 0. The van der Waals surface area contributed by atoms with Gasteiger partial charge in [0.05, 0.1) is 0 Å². The van der Waals surface area contributed by atoms with Gasteiger partial charge in [-0.05, 0) is 48.6 Å². The second-order valence-corrected chi connectivity index (χ2v) is 6.26. The molecule has 0 radical (unpaired) electrons. The number of rotatable bonds is 6. The average Bonchev–Trinajstić information content (AvgIpc) is 2.58. The standard InChI is InChI=1S/C21H23NO2/c1-22(2)13-14-24-18-10-7-16(8-11-18)15-20-19-6-4-3-5-17(19)9-12-21(20)23/h3-12,23H,13-15H2,1-2H3. The molecule has 0 saturated carbocycles. The topological polar surface area (TPSA) is 32.7 Å². The lowest BCUT2D eigenvalue weighted by molar-refractivity contribution is 0.261. The molecule has 0 heterocycles. The van der Waals surface area contributed by atoms with Crippen molar-refractivity contribution in [1.82, 2.24) is 4.90 Å². The number of nitrogens with zero attached hydrogens (tertiary/aromatic N) is 1. The van der Waals surface area contributed by atoms with Crippen LogP contribution in [0.4, 0.5) is 0 Å². The fourth-order valence-corrected chi connectivity index (χ4v) is 2.76. The van der Waals surface area contributed by atoms with Gasteiger partial charge in [-0.15, -0.1) is 0 Å². The Balaban J connectivity index is 1.76. The number of aromatic hydroxyl groups is 1. The molecule has 0 aliphatic rings. The van der Waals surface area contributed by atoms with Crippen LogP contribution in [0.3, 0.4) is 0 Å². The summed E-state index contributed by atoms with van der Waals surface area (Å²) in [5, 5.41) is 12.5. The largest absolute Gasteiger partial charge is 0.508 e. The minimum absolute atomic E-state index is 0.347. The lowest BCUT2D eigenvalue weighted by Crippen LogP contribution is -2.19. The molecule has 0 saturated heterocycles. The Kier molecular flexibility index (Phi) is 5.02. The minimum Gasteiger partial charge on any atom is -0.508 e. The lowest BCUT2D eigenvalue weighted by atomic mass is 9.97. The van der Waals surface area contributed by atoms with Crippen LogP contribution in [0.2, 0.25) is 0 Å². The Hall–Kier alpha value is -2.52. The van der Waals surface area contributed by atoms with E-state index in [1.54, 1.807) is 6.07 Å². The number of benzene rings is 3. The van der Waals surface area contributed by atoms with Crippen molar-refractivity contribution in [3.05, 3.63) is 71.8 Å². The predicted molar refractivity (Wildman–Crippen MR) is 98.9 cm³/mol. The van der Waals surface area contributed by atoms with Crippen LogP contribution in [0.5, 0.6) is 11.5 Å². The van der Waals surface area contributed by atoms with Gasteiger partial charge in [0.1, 0.15) is 18.1 Å². The third-order valence-electron chi connectivity index (χ3n) is 4.13. The van der Waals surface area contributed by atoms with Crippen molar-refractivity contribution in [3.8, 4) is 11.5 Å². The zero-order valence-corrected chi connectivity index (χ0v) is 14.2. The molecule has 0 aliphatic carbocycles. The summed E-state index contributed by atoms with van der Waals surface area (Å²) in [5.41, 5.74) is 2.12. The van der Waals surface area contributed by atoms with Crippen LogP contribution in [0, 0.1) is 0 Å². The molecule has 0 aromatic heterocycles. The first-order valence-electron chi connectivity index (χ1n) is 8.19. The molecule has 0 atom stereocenters. The fourth-order valence-electron chi connectivity index (χ4n) is 2.76. The zero-order valence-electron chi connectivity index (χ0n) is 14.2. The summed E-state index contributed by atoms with van der Waals surface area (Å²) in [6.45, 7) is 1.57. The molecular formula is C21H23NO2. The molecule has 3 nitrogen and oxygen atoms in total. The highest BCUT2D eigenvalue weighted by atomic mass is 16.5. The monoisotopic (exact) mass is 321 g/mol. The van der Waals surface area contributed by atoms with Gasteiger partial charge in [0, 0.05) is 18.5 Å². The Morgan fingerprint density at radius 3 is 2.42 bits per heavy atom. The summed E-state index contributed by atoms with van der Waals surface area (Å²) < 4.78 is 5.72. The van der Waals surface area contributed by atoms with Crippen molar-refractivity contribution in [3.63, 3.8) is 0 Å². The van der Waals surface area contributed by atoms with Crippen LogP contribution in [0.1, 0.15) is 11.1 Å². The van der Waals surface area contributed by atoms with E-state index in [0.29, 0.717) is 18.8 Å². The second-order valence-electron chi connectivity index (χ2n) is 6.26. The summed E-state index contributed by atoms with van der Waals surface area (Å²) in [6.07, 6.45) is 0.700. The van der Waals surface area contributed by atoms with Gasteiger partial charge in [-0.25, -0.2) is 0 Å². The number of phenolic OH excluding ortho intramolecular Hbond substituents is 1. The van der Waals surface area contributed by atoms with E-state index < -0.39 is 0 Å². The molecule has 0 fully saturated rings. The van der Waals surface area contributed by atoms with Gasteiger partial charge in [0.2, 0.25) is 0 Å². The summed E-state index contributed by atoms with van der Waals surface area (Å²) in [4.78, 5) is 2.09. The molecule has 0 amide bonds. The first kappa shape index (κ1) is 16.3. The predicted octanol–water partition coefficient (Wildman–Crippen LogP) is 4.08. The molecule has 24 heavy (non-hydrogen) atoms. The van der Waals surface area contributed by atoms with Crippen molar-refractivity contribution < 1.29 is 9.84 Å². The van der Waals surface area contributed by atoms with Crippen molar-refractivity contribution in [2.24, 2.45) is 0 Å². The van der Waals surface area contributed by atoms with Gasteiger partial charge in [-0.3, -0.25) is 0 Å². The molecule has 0 bridgehead atoms. The third-order valence-corrected chi connectivity index (χ3v) is 4.13. The van der Waals surface area contributed by atoms with Crippen LogP contribution in [-0.4, -0.2) is 37.3 Å². The molecule has 1 N–H and O–H groups in total. The van der Waals surface area contributed by atoms with Gasteiger partial charge in [-0.1, -0.05) is 42.5 Å². The van der Waals surface area contributed by atoms with E-state index in [1.807, 2.05) is 44.4 Å². The van der Waals surface area contributed by atoms with Gasteiger partial charge in [0.25, 0.3) is 0 Å². The molecule has 0 unspecified atom stereocenters. The molecule has 124 valence electrons. The minimum atomic E-state index is 0.347. The lowest BCUT2D eigenvalue weighted by Gasteiger charge is -2.12. The highest BCUT2D eigenvalue weighted by molar-refractivity contribution is 5.88. The number of hydrogen-bond acceptors (Lipinski definition) is 3. The number of ether oxygens (including phenoxy) is 1. The van der Waals surface area contributed by atoms with Crippen LogP contribution in [-0.2, 0) is 6.42 Å². The first-order chi connectivity index (χ1) is 11.6. The Morgan fingerprint density at radius 2 is 1.67 bits per heavy atom. The normalized spacial score (nSPS) is 11.1. The summed E-state index contributed by atoms with van der Waals surface area (Å²) in [6, 6.07) is 20.0. The Bertz CT molecular complexity index is 810. The van der Waals surface area contributed by atoms with Crippen molar-refractivity contribution in [2.75, 3.05) is 27.2 Å². The number of phenols is 1. The number of likely N-dealkylation sites (N-methyl/N-ethyl adjacent to an activating group) is 1. The van der Waals surface area contributed by atoms with E-state index in [9.17, 15) is 5.11 Å². The van der Waals surface area contributed by atoms with Crippen molar-refractivity contribution in [1.29, 1.82) is 0 Å². The van der Waals surface area contributed by atoms with Gasteiger partial charge in [-0.2, -0.15) is 0 Å². The van der Waals surface area contributed by atoms with Gasteiger partial charge in [0.15, 0.2) is 0 Å². The van der Waals surface area contributed by atoms with Crippen LogP contribution in [0.25, 0.3) is 10.8 Å². The van der Waals surface area contributed by atoms with E-state index in [-0.39, 0.29) is 0 Å². The number of fused-ring (bicyclic) bond motifs is 1. The highest BCUT2D eigenvalue weighted by Gasteiger charge is 2.08. The average molecular weight is 321 g/mol. The van der Waals surface area contributed by atoms with Crippen LogP contribution < -0.4 is 4.74 Å². The maximum absolute atomic E-state index is 10.3. The summed E-state index contributed by atoms with van der Waals surface area (Å²) in [7, 11) is 4.06. The maximum Gasteiger partial charge on any atom is 0.119 e. The molecular weight excluding hydrogens is 298 g/mol. The Labute approximate surface area is 143 Å². The van der Waals surface area contributed by atoms with E-state index >= 15 is 0 Å². The van der Waals surface area contributed by atoms with E-state index in [0.717, 1.165) is 34.2 Å².